The first-order chi connectivity index (χ1) is 9.24. The Balaban J connectivity index is 1.60. The van der Waals surface area contributed by atoms with Crippen LogP contribution in [0.25, 0.3) is 0 Å². The Labute approximate surface area is 118 Å². The highest BCUT2D eigenvalue weighted by atomic mass is 32.1. The molecule has 1 atom stereocenters. The van der Waals surface area contributed by atoms with Gasteiger partial charge in [0.15, 0.2) is 5.13 Å². The lowest BCUT2D eigenvalue weighted by Gasteiger charge is -2.15. The van der Waals surface area contributed by atoms with Crippen LogP contribution in [0.3, 0.4) is 0 Å². The highest BCUT2D eigenvalue weighted by Gasteiger charge is 2.26. The molecule has 0 radical (unpaired) electrons. The average Bonchev–Trinajstić information content (AvgIpc) is 3.07. The summed E-state index contributed by atoms with van der Waals surface area (Å²) in [5.41, 5.74) is 0.692. The molecule has 0 bridgehead atoms. The second-order valence-corrected chi connectivity index (χ2v) is 6.03. The molecule has 0 aromatic carbocycles. The lowest BCUT2D eigenvalue weighted by molar-refractivity contribution is 0.0943. The van der Waals surface area contributed by atoms with E-state index in [9.17, 15) is 4.79 Å². The number of anilines is 1. The number of carbonyl (C=O) groups is 1. The van der Waals surface area contributed by atoms with Gasteiger partial charge in [-0.2, -0.15) is 0 Å². The van der Waals surface area contributed by atoms with Gasteiger partial charge in [0.05, 0.1) is 5.69 Å². The van der Waals surface area contributed by atoms with Crippen molar-refractivity contribution < 1.29 is 4.79 Å². The molecular weight excluding hydrogens is 282 g/mol. The van der Waals surface area contributed by atoms with Crippen LogP contribution in [0.2, 0.25) is 0 Å². The quantitative estimate of drug-likeness (QED) is 0.924. The third-order valence-corrected chi connectivity index (χ3v) is 4.73. The van der Waals surface area contributed by atoms with Crippen LogP contribution in [0, 0.1) is 6.92 Å². The predicted molar refractivity (Wildman–Crippen MR) is 74.8 cm³/mol. The minimum Gasteiger partial charge on any atom is -0.347 e. The van der Waals surface area contributed by atoms with Gasteiger partial charge in [0.25, 0.3) is 5.91 Å². The zero-order valence-corrected chi connectivity index (χ0v) is 12.0. The fourth-order valence-corrected chi connectivity index (χ4v) is 3.35. The van der Waals surface area contributed by atoms with Gasteiger partial charge in [-0.15, -0.1) is 16.4 Å². The van der Waals surface area contributed by atoms with Crippen LogP contribution in [0.5, 0.6) is 0 Å². The van der Waals surface area contributed by atoms with Crippen LogP contribution in [0.1, 0.15) is 21.8 Å². The van der Waals surface area contributed by atoms with E-state index in [0.29, 0.717) is 10.6 Å². The number of hydrogen-bond acceptors (Lipinski definition) is 7. The van der Waals surface area contributed by atoms with E-state index in [1.165, 1.54) is 0 Å². The minimum absolute atomic E-state index is 0.0708. The second kappa shape index (κ2) is 5.22. The molecule has 19 heavy (non-hydrogen) atoms. The molecule has 8 heteroatoms. The van der Waals surface area contributed by atoms with E-state index in [1.54, 1.807) is 24.5 Å². The first-order valence-electron chi connectivity index (χ1n) is 5.98. The SMILES string of the molecule is Cc1nnsc1C(=O)N[C@H]1CCN(c2nccs2)C1. The van der Waals surface area contributed by atoms with E-state index in [1.807, 2.05) is 5.38 Å². The molecule has 1 N–H and O–H groups in total. The van der Waals surface area contributed by atoms with Crippen LogP contribution in [0.15, 0.2) is 11.6 Å². The summed E-state index contributed by atoms with van der Waals surface area (Å²) >= 11 is 2.77. The van der Waals surface area contributed by atoms with Crippen LogP contribution < -0.4 is 10.2 Å². The van der Waals surface area contributed by atoms with Crippen LogP contribution in [0.4, 0.5) is 5.13 Å². The lowest BCUT2D eigenvalue weighted by atomic mass is 10.2. The van der Waals surface area contributed by atoms with Gasteiger partial charge >= 0.3 is 0 Å². The lowest BCUT2D eigenvalue weighted by Crippen LogP contribution is -2.37. The largest absolute Gasteiger partial charge is 0.347 e. The molecule has 3 rings (SSSR count). The van der Waals surface area contributed by atoms with Crippen molar-refractivity contribution in [1.29, 1.82) is 0 Å². The molecule has 1 aliphatic heterocycles. The molecule has 2 aromatic rings. The molecule has 0 saturated carbocycles. The molecule has 1 fully saturated rings. The molecule has 0 aliphatic carbocycles. The highest BCUT2D eigenvalue weighted by molar-refractivity contribution is 7.13. The Morgan fingerprint density at radius 3 is 3.16 bits per heavy atom. The number of aryl methyl sites for hydroxylation is 1. The molecule has 3 heterocycles. The van der Waals surface area contributed by atoms with E-state index in [-0.39, 0.29) is 11.9 Å². The number of aromatic nitrogens is 3. The van der Waals surface area contributed by atoms with Gasteiger partial charge in [-0.25, -0.2) is 4.98 Å². The Hall–Kier alpha value is -1.54. The van der Waals surface area contributed by atoms with Crippen molar-refractivity contribution in [1.82, 2.24) is 19.9 Å². The fraction of sp³-hybridized carbons (Fsp3) is 0.455. The van der Waals surface area contributed by atoms with Crippen molar-refractivity contribution in [3.8, 4) is 0 Å². The summed E-state index contributed by atoms with van der Waals surface area (Å²) < 4.78 is 3.79. The highest BCUT2D eigenvalue weighted by Crippen LogP contribution is 2.22. The monoisotopic (exact) mass is 295 g/mol. The van der Waals surface area contributed by atoms with Crippen LogP contribution in [-0.4, -0.2) is 39.6 Å². The normalized spacial score (nSPS) is 18.8. The number of amides is 1. The van der Waals surface area contributed by atoms with Gasteiger partial charge in [-0.1, -0.05) is 4.49 Å². The Morgan fingerprint density at radius 1 is 1.58 bits per heavy atom. The summed E-state index contributed by atoms with van der Waals surface area (Å²) in [6.07, 6.45) is 2.74. The summed E-state index contributed by atoms with van der Waals surface area (Å²) in [7, 11) is 0. The third-order valence-electron chi connectivity index (χ3n) is 3.07. The molecule has 100 valence electrons. The summed E-state index contributed by atoms with van der Waals surface area (Å²) in [5.74, 6) is -0.0708. The maximum atomic E-state index is 12.1. The van der Waals surface area contributed by atoms with Crippen molar-refractivity contribution in [3.05, 3.63) is 22.1 Å². The van der Waals surface area contributed by atoms with E-state index in [4.69, 9.17) is 0 Å². The number of nitrogens with zero attached hydrogens (tertiary/aromatic N) is 4. The third kappa shape index (κ3) is 2.59. The van der Waals surface area contributed by atoms with Gasteiger partial charge in [0.1, 0.15) is 4.88 Å². The summed E-state index contributed by atoms with van der Waals surface area (Å²) in [6.45, 7) is 3.54. The predicted octanol–water partition coefficient (Wildman–Crippen LogP) is 1.31. The van der Waals surface area contributed by atoms with Gasteiger partial charge in [0.2, 0.25) is 0 Å². The fourth-order valence-electron chi connectivity index (χ4n) is 2.11. The van der Waals surface area contributed by atoms with Crippen molar-refractivity contribution in [2.45, 2.75) is 19.4 Å². The standard InChI is InChI=1S/C11H13N5OS2/c1-7-9(19-15-14-7)10(17)13-8-2-4-16(6-8)11-12-3-5-18-11/h3,5,8H,2,4,6H2,1H3,(H,13,17)/t8-/m0/s1. The smallest absolute Gasteiger partial charge is 0.265 e. The maximum Gasteiger partial charge on any atom is 0.265 e. The number of rotatable bonds is 3. The molecule has 1 amide bonds. The second-order valence-electron chi connectivity index (χ2n) is 4.41. The Kier molecular flexibility index (Phi) is 3.43. The van der Waals surface area contributed by atoms with Crippen molar-refractivity contribution in [2.75, 3.05) is 18.0 Å². The van der Waals surface area contributed by atoms with E-state index in [0.717, 1.165) is 36.2 Å². The van der Waals surface area contributed by atoms with Crippen molar-refractivity contribution in [3.63, 3.8) is 0 Å². The van der Waals surface area contributed by atoms with E-state index in [2.05, 4.69) is 24.8 Å². The molecule has 2 aromatic heterocycles. The zero-order chi connectivity index (χ0) is 13.2. The molecule has 1 saturated heterocycles. The van der Waals surface area contributed by atoms with E-state index < -0.39 is 0 Å². The van der Waals surface area contributed by atoms with Gasteiger partial charge in [0, 0.05) is 30.7 Å². The van der Waals surface area contributed by atoms with Crippen molar-refractivity contribution >= 4 is 33.9 Å². The minimum atomic E-state index is -0.0708. The summed E-state index contributed by atoms with van der Waals surface area (Å²) in [6, 6.07) is 0.165. The first-order valence-corrected chi connectivity index (χ1v) is 7.63. The molecule has 0 unspecified atom stereocenters. The maximum absolute atomic E-state index is 12.1. The van der Waals surface area contributed by atoms with Gasteiger partial charge in [-0.3, -0.25) is 4.79 Å². The van der Waals surface area contributed by atoms with Crippen LogP contribution >= 0.6 is 22.9 Å². The first kappa shape index (κ1) is 12.5. The number of thiazole rings is 1. The molecule has 1 aliphatic rings. The molecule has 6 nitrogen and oxygen atoms in total. The topological polar surface area (TPSA) is 71.0 Å². The summed E-state index contributed by atoms with van der Waals surface area (Å²) in [4.78, 5) is 19.2. The van der Waals surface area contributed by atoms with Gasteiger partial charge < -0.3 is 10.2 Å². The zero-order valence-electron chi connectivity index (χ0n) is 10.4. The van der Waals surface area contributed by atoms with Crippen molar-refractivity contribution in [2.24, 2.45) is 0 Å². The van der Waals surface area contributed by atoms with Gasteiger partial charge in [-0.05, 0) is 24.9 Å². The Morgan fingerprint density at radius 2 is 2.47 bits per heavy atom. The number of nitrogens with one attached hydrogen (secondary N) is 1. The molecular formula is C11H13N5OS2. The Bertz CT molecular complexity index is 567. The van der Waals surface area contributed by atoms with Crippen LogP contribution in [-0.2, 0) is 0 Å². The molecule has 0 spiro atoms. The van der Waals surface area contributed by atoms with E-state index >= 15 is 0 Å². The average molecular weight is 295 g/mol. The number of hydrogen-bond donors (Lipinski definition) is 1. The summed E-state index contributed by atoms with van der Waals surface area (Å²) in [5, 5.41) is 9.88. The number of carbonyl (C=O) groups excluding carboxylic acids is 1.